The number of likely N-dealkylation sites (tertiary alicyclic amines) is 2. The van der Waals surface area contributed by atoms with E-state index >= 15 is 0 Å². The summed E-state index contributed by atoms with van der Waals surface area (Å²) < 4.78 is 13.2. The number of H-pyrrole nitrogens is 1. The van der Waals surface area contributed by atoms with Gasteiger partial charge >= 0.3 is 0 Å². The first-order valence-electron chi connectivity index (χ1n) is 11.4. The van der Waals surface area contributed by atoms with E-state index in [4.69, 9.17) is 4.98 Å². The summed E-state index contributed by atoms with van der Waals surface area (Å²) in [6.07, 6.45) is 3.53. The van der Waals surface area contributed by atoms with Crippen molar-refractivity contribution in [2.45, 2.75) is 31.6 Å². The number of aromatic amines is 1. The van der Waals surface area contributed by atoms with Crippen LogP contribution >= 0.6 is 0 Å². The average Bonchev–Trinajstić information content (AvgIpc) is 3.28. The number of nitrogens with zero attached hydrogens (tertiary/aromatic N) is 3. The van der Waals surface area contributed by atoms with E-state index in [1.54, 1.807) is 4.90 Å². The molecular formula is C25H27FN4O2. The van der Waals surface area contributed by atoms with Crippen LogP contribution in [0.5, 0.6) is 0 Å². The lowest BCUT2D eigenvalue weighted by Gasteiger charge is -2.38. The number of amides is 2. The first-order chi connectivity index (χ1) is 15.6. The van der Waals surface area contributed by atoms with Crippen molar-refractivity contribution >= 4 is 22.8 Å². The van der Waals surface area contributed by atoms with Crippen LogP contribution in [0.25, 0.3) is 11.0 Å². The molecule has 1 aromatic heterocycles. The number of aromatic nitrogens is 2. The Balaban J connectivity index is 1.25. The van der Waals surface area contributed by atoms with Gasteiger partial charge in [-0.05, 0) is 62.1 Å². The molecule has 7 heteroatoms. The summed E-state index contributed by atoms with van der Waals surface area (Å²) in [6.45, 7) is 2.45. The fourth-order valence-corrected chi connectivity index (χ4v) is 4.96. The number of para-hydroxylation sites is 2. The van der Waals surface area contributed by atoms with Crippen LogP contribution < -0.4 is 0 Å². The number of fused-ring (bicyclic) bond motifs is 1. The number of benzene rings is 2. The van der Waals surface area contributed by atoms with Crippen molar-refractivity contribution in [2.75, 3.05) is 26.2 Å². The summed E-state index contributed by atoms with van der Waals surface area (Å²) in [6, 6.07) is 13.6. The molecule has 3 heterocycles. The Morgan fingerprint density at radius 2 is 1.69 bits per heavy atom. The molecule has 0 aliphatic carbocycles. The molecule has 166 valence electrons. The second-order valence-corrected chi connectivity index (χ2v) is 8.86. The Morgan fingerprint density at radius 1 is 0.938 bits per heavy atom. The van der Waals surface area contributed by atoms with Crippen molar-refractivity contribution in [3.63, 3.8) is 0 Å². The minimum absolute atomic E-state index is 0.127. The number of halogens is 1. The first-order valence-corrected chi connectivity index (χ1v) is 11.4. The van der Waals surface area contributed by atoms with Crippen LogP contribution in [0.2, 0.25) is 0 Å². The molecule has 2 aliphatic rings. The minimum Gasteiger partial charge on any atom is -0.342 e. The Kier molecular flexibility index (Phi) is 5.64. The van der Waals surface area contributed by atoms with Gasteiger partial charge < -0.3 is 14.8 Å². The topological polar surface area (TPSA) is 69.3 Å². The third-order valence-electron chi connectivity index (χ3n) is 6.68. The quantitative estimate of drug-likeness (QED) is 0.678. The summed E-state index contributed by atoms with van der Waals surface area (Å²) in [4.78, 5) is 38.1. The van der Waals surface area contributed by atoms with E-state index in [-0.39, 0.29) is 29.5 Å². The standard InChI is InChI=1S/C25H27FN4O2/c26-20-11-9-17(10-12-20)24(31)30-14-4-6-19(16-30)25(32)29-13-3-5-18(15-29)23-27-21-7-1-2-8-22(21)28-23/h1-2,7-12,18-19H,3-6,13-16H2,(H,27,28)/t18-,19-/m0/s1. The van der Waals surface area contributed by atoms with Gasteiger partial charge in [-0.2, -0.15) is 0 Å². The Bertz CT molecular complexity index is 1090. The smallest absolute Gasteiger partial charge is 0.253 e. The van der Waals surface area contributed by atoms with Gasteiger partial charge in [0.15, 0.2) is 0 Å². The third kappa shape index (κ3) is 4.11. The Morgan fingerprint density at radius 3 is 2.50 bits per heavy atom. The highest BCUT2D eigenvalue weighted by atomic mass is 19.1. The predicted molar refractivity (Wildman–Crippen MR) is 120 cm³/mol. The first kappa shape index (κ1) is 20.7. The molecule has 2 aliphatic heterocycles. The van der Waals surface area contributed by atoms with Gasteiger partial charge in [-0.3, -0.25) is 9.59 Å². The van der Waals surface area contributed by atoms with Gasteiger partial charge in [-0.1, -0.05) is 12.1 Å². The SMILES string of the molecule is O=C(c1ccc(F)cc1)N1CCC[C@H](C(=O)N2CCC[C@H](c3nc4ccccc4[nH]3)C2)C1. The van der Waals surface area contributed by atoms with Gasteiger partial charge in [0.05, 0.1) is 17.0 Å². The van der Waals surface area contributed by atoms with E-state index in [0.717, 1.165) is 49.1 Å². The van der Waals surface area contributed by atoms with E-state index in [0.29, 0.717) is 25.2 Å². The number of hydrogen-bond acceptors (Lipinski definition) is 3. The van der Waals surface area contributed by atoms with Gasteiger partial charge in [-0.25, -0.2) is 9.37 Å². The molecule has 6 nitrogen and oxygen atoms in total. The molecule has 0 spiro atoms. The molecule has 0 unspecified atom stereocenters. The van der Waals surface area contributed by atoms with Crippen molar-refractivity contribution < 1.29 is 14.0 Å². The molecular weight excluding hydrogens is 407 g/mol. The van der Waals surface area contributed by atoms with Crippen molar-refractivity contribution in [2.24, 2.45) is 5.92 Å². The van der Waals surface area contributed by atoms with E-state index in [1.165, 1.54) is 24.3 Å². The molecule has 1 N–H and O–H groups in total. The zero-order valence-electron chi connectivity index (χ0n) is 18.0. The van der Waals surface area contributed by atoms with Crippen LogP contribution in [-0.2, 0) is 4.79 Å². The van der Waals surface area contributed by atoms with Gasteiger partial charge in [0.1, 0.15) is 11.6 Å². The number of imidazole rings is 1. The second kappa shape index (κ2) is 8.73. The van der Waals surface area contributed by atoms with Crippen molar-refractivity contribution in [3.8, 4) is 0 Å². The molecule has 3 aromatic rings. The van der Waals surface area contributed by atoms with E-state index < -0.39 is 0 Å². The maximum absolute atomic E-state index is 13.4. The van der Waals surface area contributed by atoms with Gasteiger partial charge in [0, 0.05) is 37.7 Å². The largest absolute Gasteiger partial charge is 0.342 e. The molecule has 2 fully saturated rings. The third-order valence-corrected chi connectivity index (χ3v) is 6.68. The van der Waals surface area contributed by atoms with E-state index in [9.17, 15) is 14.0 Å². The van der Waals surface area contributed by atoms with Gasteiger partial charge in [0.25, 0.3) is 5.91 Å². The summed E-state index contributed by atoms with van der Waals surface area (Å²) in [5, 5.41) is 0. The molecule has 2 aromatic carbocycles. The Labute approximate surface area is 186 Å². The highest BCUT2D eigenvalue weighted by molar-refractivity contribution is 5.94. The molecule has 0 bridgehead atoms. The summed E-state index contributed by atoms with van der Waals surface area (Å²) in [5.41, 5.74) is 2.43. The fraction of sp³-hybridized carbons (Fsp3) is 0.400. The number of carbonyl (C=O) groups excluding carboxylic acids is 2. The highest BCUT2D eigenvalue weighted by Gasteiger charge is 2.34. The molecule has 2 atom stereocenters. The normalized spacial score (nSPS) is 21.7. The Hall–Kier alpha value is -3.22. The highest BCUT2D eigenvalue weighted by Crippen LogP contribution is 2.29. The maximum Gasteiger partial charge on any atom is 0.253 e. The monoisotopic (exact) mass is 434 g/mol. The van der Waals surface area contributed by atoms with Crippen LogP contribution in [0.1, 0.15) is 47.8 Å². The molecule has 5 rings (SSSR count). The number of carbonyl (C=O) groups is 2. The lowest BCUT2D eigenvalue weighted by atomic mass is 9.92. The molecule has 0 saturated carbocycles. The van der Waals surface area contributed by atoms with Crippen LogP contribution in [-0.4, -0.2) is 57.8 Å². The van der Waals surface area contributed by atoms with Gasteiger partial charge in [0.2, 0.25) is 5.91 Å². The number of nitrogens with one attached hydrogen (secondary N) is 1. The summed E-state index contributed by atoms with van der Waals surface area (Å²) in [7, 11) is 0. The average molecular weight is 435 g/mol. The van der Waals surface area contributed by atoms with Crippen molar-refractivity contribution in [3.05, 3.63) is 65.7 Å². The van der Waals surface area contributed by atoms with Crippen LogP contribution in [0.4, 0.5) is 4.39 Å². The minimum atomic E-state index is -0.364. The molecule has 32 heavy (non-hydrogen) atoms. The fourth-order valence-electron chi connectivity index (χ4n) is 4.96. The van der Waals surface area contributed by atoms with Crippen LogP contribution in [0.15, 0.2) is 48.5 Å². The number of piperidine rings is 2. The molecule has 2 amide bonds. The van der Waals surface area contributed by atoms with E-state index in [2.05, 4.69) is 4.98 Å². The lowest BCUT2D eigenvalue weighted by molar-refractivity contribution is -0.138. The summed E-state index contributed by atoms with van der Waals surface area (Å²) in [5.74, 6) is 0.574. The second-order valence-electron chi connectivity index (χ2n) is 8.86. The number of hydrogen-bond donors (Lipinski definition) is 1. The van der Waals surface area contributed by atoms with Crippen LogP contribution in [0, 0.1) is 11.7 Å². The van der Waals surface area contributed by atoms with Crippen molar-refractivity contribution in [1.82, 2.24) is 19.8 Å². The molecule has 0 radical (unpaired) electrons. The zero-order valence-corrected chi connectivity index (χ0v) is 18.0. The maximum atomic E-state index is 13.4. The van der Waals surface area contributed by atoms with Crippen molar-refractivity contribution in [1.29, 1.82) is 0 Å². The molecule has 2 saturated heterocycles. The summed E-state index contributed by atoms with van der Waals surface area (Å²) >= 11 is 0. The lowest BCUT2D eigenvalue weighted by Crippen LogP contribution is -2.49. The van der Waals surface area contributed by atoms with E-state index in [1.807, 2.05) is 29.2 Å². The number of rotatable bonds is 3. The van der Waals surface area contributed by atoms with Crippen LogP contribution in [0.3, 0.4) is 0 Å². The van der Waals surface area contributed by atoms with Gasteiger partial charge in [-0.15, -0.1) is 0 Å². The zero-order chi connectivity index (χ0) is 22.1. The predicted octanol–water partition coefficient (Wildman–Crippen LogP) is 3.96.